The van der Waals surface area contributed by atoms with Gasteiger partial charge in [-0.1, -0.05) is 6.07 Å². The Morgan fingerprint density at radius 1 is 1.25 bits per heavy atom. The van der Waals surface area contributed by atoms with Crippen LogP contribution in [0.15, 0.2) is 23.1 Å². The van der Waals surface area contributed by atoms with Crippen LogP contribution in [-0.4, -0.2) is 28.2 Å². The topological polar surface area (TPSA) is 58.2 Å². The molecule has 0 amide bonds. The summed E-state index contributed by atoms with van der Waals surface area (Å²) in [4.78, 5) is -0.667. The summed E-state index contributed by atoms with van der Waals surface area (Å²) in [6.07, 6.45) is -5.79. The van der Waals surface area contributed by atoms with Crippen molar-refractivity contribution in [3.8, 4) is 0 Å². The summed E-state index contributed by atoms with van der Waals surface area (Å²) in [5.74, 6) is -1.00. The standard InChI is InChI=1S/C11H14F4N2O2S/c1-16-7-8-2-3-10(9(12)6-8)20(18,19)17-5-4-11(13,14)15/h2-3,6,16-17H,4-5,7H2,1H3. The summed E-state index contributed by atoms with van der Waals surface area (Å²) in [7, 11) is -2.65. The molecule has 1 aromatic carbocycles. The molecule has 0 saturated heterocycles. The van der Waals surface area contributed by atoms with Gasteiger partial charge in [-0.15, -0.1) is 0 Å². The number of nitrogens with one attached hydrogen (secondary N) is 2. The van der Waals surface area contributed by atoms with E-state index in [0.29, 0.717) is 12.1 Å². The number of rotatable bonds is 6. The van der Waals surface area contributed by atoms with Gasteiger partial charge in [-0.25, -0.2) is 17.5 Å². The maximum atomic E-state index is 13.7. The van der Waals surface area contributed by atoms with Crippen LogP contribution in [0.5, 0.6) is 0 Å². The van der Waals surface area contributed by atoms with Gasteiger partial charge in [0.25, 0.3) is 0 Å². The smallest absolute Gasteiger partial charge is 0.316 e. The van der Waals surface area contributed by atoms with Crippen LogP contribution in [0.25, 0.3) is 0 Å². The third-order valence-electron chi connectivity index (χ3n) is 2.37. The average Bonchev–Trinajstić information content (AvgIpc) is 2.26. The minimum Gasteiger partial charge on any atom is -0.316 e. The predicted molar refractivity (Wildman–Crippen MR) is 65.0 cm³/mol. The van der Waals surface area contributed by atoms with Gasteiger partial charge in [0.1, 0.15) is 10.7 Å². The van der Waals surface area contributed by atoms with Crippen molar-refractivity contribution in [3.05, 3.63) is 29.6 Å². The molecule has 1 rings (SSSR count). The molecule has 0 aliphatic carbocycles. The zero-order chi connectivity index (χ0) is 15.4. The van der Waals surface area contributed by atoms with Crippen molar-refractivity contribution >= 4 is 10.0 Å². The number of benzene rings is 1. The fraction of sp³-hybridized carbons (Fsp3) is 0.455. The Kier molecular flexibility index (Phi) is 5.49. The minimum atomic E-state index is -4.47. The number of alkyl halides is 3. The molecule has 4 nitrogen and oxygen atoms in total. The minimum absolute atomic E-state index is 0.346. The first-order valence-corrected chi connectivity index (χ1v) is 7.13. The molecule has 0 aliphatic heterocycles. The summed E-state index contributed by atoms with van der Waals surface area (Å²) < 4.78 is 74.5. The third-order valence-corrected chi connectivity index (χ3v) is 3.86. The quantitative estimate of drug-likeness (QED) is 0.787. The van der Waals surface area contributed by atoms with Crippen molar-refractivity contribution < 1.29 is 26.0 Å². The lowest BCUT2D eigenvalue weighted by atomic mass is 10.2. The molecule has 0 radical (unpaired) electrons. The van der Waals surface area contributed by atoms with Gasteiger partial charge in [0, 0.05) is 13.1 Å². The molecular formula is C11H14F4N2O2S. The zero-order valence-electron chi connectivity index (χ0n) is 10.6. The monoisotopic (exact) mass is 314 g/mol. The van der Waals surface area contributed by atoms with Crippen LogP contribution in [0, 0.1) is 5.82 Å². The zero-order valence-corrected chi connectivity index (χ0v) is 11.4. The Morgan fingerprint density at radius 2 is 1.90 bits per heavy atom. The maximum Gasteiger partial charge on any atom is 0.390 e. The highest BCUT2D eigenvalue weighted by Gasteiger charge is 2.28. The first-order valence-electron chi connectivity index (χ1n) is 5.65. The van der Waals surface area contributed by atoms with Crippen LogP contribution in [0.1, 0.15) is 12.0 Å². The molecule has 9 heteroatoms. The van der Waals surface area contributed by atoms with Gasteiger partial charge in [0.2, 0.25) is 10.0 Å². The van der Waals surface area contributed by atoms with Gasteiger partial charge in [0.15, 0.2) is 0 Å². The van der Waals surface area contributed by atoms with E-state index in [1.807, 2.05) is 0 Å². The molecule has 0 atom stereocenters. The first-order chi connectivity index (χ1) is 9.15. The number of hydrogen-bond donors (Lipinski definition) is 2. The molecule has 0 bridgehead atoms. The van der Waals surface area contributed by atoms with Gasteiger partial charge in [-0.2, -0.15) is 13.2 Å². The molecule has 114 valence electrons. The van der Waals surface area contributed by atoms with Crippen LogP contribution >= 0.6 is 0 Å². The third kappa shape index (κ3) is 5.06. The molecule has 0 unspecified atom stereocenters. The van der Waals surface area contributed by atoms with Crippen LogP contribution in [0.2, 0.25) is 0 Å². The second-order valence-corrected chi connectivity index (χ2v) is 5.79. The highest BCUT2D eigenvalue weighted by atomic mass is 32.2. The van der Waals surface area contributed by atoms with E-state index in [1.54, 1.807) is 11.8 Å². The molecule has 0 saturated carbocycles. The molecule has 2 N–H and O–H groups in total. The van der Waals surface area contributed by atoms with E-state index in [2.05, 4.69) is 5.32 Å². The summed E-state index contributed by atoms with van der Waals surface area (Å²) in [5.41, 5.74) is 0.527. The number of sulfonamides is 1. The average molecular weight is 314 g/mol. The van der Waals surface area contributed by atoms with Gasteiger partial charge in [-0.05, 0) is 24.7 Å². The molecule has 20 heavy (non-hydrogen) atoms. The van der Waals surface area contributed by atoms with E-state index in [4.69, 9.17) is 0 Å². The van der Waals surface area contributed by atoms with Crippen LogP contribution in [0.4, 0.5) is 17.6 Å². The Balaban J connectivity index is 2.82. The van der Waals surface area contributed by atoms with E-state index in [0.717, 1.165) is 12.1 Å². The molecule has 0 spiro atoms. The second kappa shape index (κ2) is 6.51. The summed E-state index contributed by atoms with van der Waals surface area (Å²) in [5, 5.41) is 2.76. The highest BCUT2D eigenvalue weighted by molar-refractivity contribution is 7.89. The van der Waals surface area contributed by atoms with Crippen LogP contribution < -0.4 is 10.0 Å². The van der Waals surface area contributed by atoms with Crippen molar-refractivity contribution in [2.24, 2.45) is 0 Å². The van der Waals surface area contributed by atoms with E-state index in [1.165, 1.54) is 6.07 Å². The molecule has 0 fully saturated rings. The lowest BCUT2D eigenvalue weighted by Gasteiger charge is -2.10. The number of hydrogen-bond acceptors (Lipinski definition) is 3. The van der Waals surface area contributed by atoms with E-state index in [9.17, 15) is 26.0 Å². The lowest BCUT2D eigenvalue weighted by Crippen LogP contribution is -2.28. The van der Waals surface area contributed by atoms with E-state index in [-0.39, 0.29) is 0 Å². The lowest BCUT2D eigenvalue weighted by molar-refractivity contribution is -0.132. The normalized spacial score (nSPS) is 12.7. The Morgan fingerprint density at radius 3 is 2.40 bits per heavy atom. The fourth-order valence-corrected chi connectivity index (χ4v) is 2.57. The molecule has 0 aliphatic rings. The largest absolute Gasteiger partial charge is 0.390 e. The van der Waals surface area contributed by atoms with Crippen LogP contribution in [-0.2, 0) is 16.6 Å². The Labute approximate surface area is 114 Å². The molecule has 0 heterocycles. The van der Waals surface area contributed by atoms with Gasteiger partial charge >= 0.3 is 6.18 Å². The van der Waals surface area contributed by atoms with Crippen molar-refractivity contribution in [2.75, 3.05) is 13.6 Å². The highest BCUT2D eigenvalue weighted by Crippen LogP contribution is 2.20. The SMILES string of the molecule is CNCc1ccc(S(=O)(=O)NCCC(F)(F)F)c(F)c1. The van der Waals surface area contributed by atoms with Crippen molar-refractivity contribution in [3.63, 3.8) is 0 Å². The Bertz CT molecular complexity index is 558. The van der Waals surface area contributed by atoms with Gasteiger partial charge in [-0.3, -0.25) is 0 Å². The first kappa shape index (κ1) is 16.9. The molecule has 1 aromatic rings. The fourth-order valence-electron chi connectivity index (χ4n) is 1.48. The van der Waals surface area contributed by atoms with E-state index < -0.39 is 39.9 Å². The second-order valence-electron chi connectivity index (χ2n) is 4.06. The van der Waals surface area contributed by atoms with Gasteiger partial charge < -0.3 is 5.32 Å². The molecule has 0 aromatic heterocycles. The van der Waals surface area contributed by atoms with Gasteiger partial charge in [0.05, 0.1) is 6.42 Å². The molecular weight excluding hydrogens is 300 g/mol. The van der Waals surface area contributed by atoms with E-state index >= 15 is 0 Å². The summed E-state index contributed by atoms with van der Waals surface area (Å²) >= 11 is 0. The maximum absolute atomic E-state index is 13.7. The number of halogens is 4. The van der Waals surface area contributed by atoms with Crippen LogP contribution in [0.3, 0.4) is 0 Å². The van der Waals surface area contributed by atoms with Crippen molar-refractivity contribution in [2.45, 2.75) is 24.0 Å². The van der Waals surface area contributed by atoms with Crippen molar-refractivity contribution in [1.29, 1.82) is 0 Å². The Hall–Kier alpha value is -1.19. The van der Waals surface area contributed by atoms with Crippen molar-refractivity contribution in [1.82, 2.24) is 10.0 Å². The summed E-state index contributed by atoms with van der Waals surface area (Å²) in [6.45, 7) is -0.484. The predicted octanol–water partition coefficient (Wildman–Crippen LogP) is 1.78. The summed E-state index contributed by atoms with van der Waals surface area (Å²) in [6, 6.07) is 3.44.